The lowest BCUT2D eigenvalue weighted by molar-refractivity contribution is -0.384. The number of nitrogens with zero attached hydrogens (tertiary/aromatic N) is 1. The number of non-ortho nitro benzene ring substituents is 1. The lowest BCUT2D eigenvalue weighted by atomic mass is 9.86. The fourth-order valence-electron chi connectivity index (χ4n) is 1.71. The Kier molecular flexibility index (Phi) is 9.11. The lowest BCUT2D eigenvalue weighted by Gasteiger charge is -2.23. The second-order valence-corrected chi connectivity index (χ2v) is 5.54. The normalized spacial score (nSPS) is 10.0. The Labute approximate surface area is 134 Å². The molecule has 0 saturated carbocycles. The molecule has 0 unspecified atom stereocenters. The maximum Gasteiger partial charge on any atom is 0.373 e. The predicted octanol–water partition coefficient (Wildman–Crippen LogP) is 3.18. The van der Waals surface area contributed by atoms with E-state index in [0.29, 0.717) is 12.2 Å². The molecule has 0 spiro atoms. The average molecular weight is 323 g/mol. The third kappa shape index (κ3) is 7.87. The van der Waals surface area contributed by atoms with Gasteiger partial charge in [-0.25, -0.2) is 0 Å². The summed E-state index contributed by atoms with van der Waals surface area (Å²) in [4.78, 5) is 38.5. The van der Waals surface area contributed by atoms with Crippen LogP contribution in [0.2, 0.25) is 0 Å². The van der Waals surface area contributed by atoms with Crippen molar-refractivity contribution in [3.8, 4) is 5.75 Å². The van der Waals surface area contributed by atoms with E-state index in [4.69, 9.17) is 14.3 Å². The second kappa shape index (κ2) is 10.2. The van der Waals surface area contributed by atoms with Gasteiger partial charge < -0.3 is 4.74 Å². The van der Waals surface area contributed by atoms with Gasteiger partial charge in [-0.1, -0.05) is 19.4 Å². The van der Waals surface area contributed by atoms with Gasteiger partial charge in [-0.2, -0.15) is 9.59 Å². The van der Waals surface area contributed by atoms with E-state index in [1.165, 1.54) is 12.1 Å². The maximum atomic E-state index is 12.0. The Hall–Kier alpha value is -2.53. The number of nitro groups is 1. The summed E-state index contributed by atoms with van der Waals surface area (Å²) >= 11 is 0. The van der Waals surface area contributed by atoms with Crippen molar-refractivity contribution in [1.82, 2.24) is 0 Å². The molecule has 0 atom stereocenters. The maximum absolute atomic E-state index is 12.0. The summed E-state index contributed by atoms with van der Waals surface area (Å²) < 4.78 is 5.54. The number of ketones is 1. The molecule has 0 heterocycles. The Bertz CT molecular complexity index is 561. The first-order chi connectivity index (χ1) is 10.8. The second-order valence-electron chi connectivity index (χ2n) is 5.54. The zero-order chi connectivity index (χ0) is 17.9. The first-order valence-electron chi connectivity index (χ1n) is 7.18. The summed E-state index contributed by atoms with van der Waals surface area (Å²) in [6, 6.07) is 6.00. The molecule has 7 heteroatoms. The number of rotatable bonds is 8. The van der Waals surface area contributed by atoms with E-state index >= 15 is 0 Å². The number of unbranched alkanes of at least 4 members (excludes halogenated alkanes) is 1. The molecule has 0 aromatic heterocycles. The van der Waals surface area contributed by atoms with Crippen LogP contribution >= 0.6 is 0 Å². The summed E-state index contributed by atoms with van der Waals surface area (Å²) in [6.07, 6.45) is 2.65. The molecule has 23 heavy (non-hydrogen) atoms. The monoisotopic (exact) mass is 323 g/mol. The van der Waals surface area contributed by atoms with E-state index in [1.54, 1.807) is 12.1 Å². The van der Waals surface area contributed by atoms with Crippen LogP contribution in [0.15, 0.2) is 24.3 Å². The van der Waals surface area contributed by atoms with Gasteiger partial charge in [-0.15, -0.1) is 0 Å². The van der Waals surface area contributed by atoms with Crippen molar-refractivity contribution >= 4 is 17.6 Å². The molecule has 126 valence electrons. The number of ether oxygens (including phenoxy) is 1. The van der Waals surface area contributed by atoms with E-state index < -0.39 is 10.3 Å². The Morgan fingerprint density at radius 2 is 1.96 bits per heavy atom. The van der Waals surface area contributed by atoms with Gasteiger partial charge in [0.25, 0.3) is 5.69 Å². The minimum absolute atomic E-state index is 0.0161. The van der Waals surface area contributed by atoms with Gasteiger partial charge in [0.2, 0.25) is 0 Å². The third-order valence-corrected chi connectivity index (χ3v) is 3.14. The van der Waals surface area contributed by atoms with E-state index in [2.05, 4.69) is 0 Å². The summed E-state index contributed by atoms with van der Waals surface area (Å²) in [7, 11) is 0. The smallest absolute Gasteiger partial charge is 0.373 e. The topological polar surface area (TPSA) is 104 Å². The molecule has 0 aliphatic carbocycles. The van der Waals surface area contributed by atoms with Crippen LogP contribution in [-0.4, -0.2) is 23.5 Å². The van der Waals surface area contributed by atoms with Crippen molar-refractivity contribution in [2.24, 2.45) is 5.41 Å². The molecule has 0 N–H and O–H groups in total. The van der Waals surface area contributed by atoms with Crippen LogP contribution in [0.5, 0.6) is 5.75 Å². The van der Waals surface area contributed by atoms with Gasteiger partial charge in [0.1, 0.15) is 18.1 Å². The number of Topliss-reactive ketones (excluding diaryl/α,β-unsaturated/α-hetero) is 1. The van der Waals surface area contributed by atoms with Gasteiger partial charge in [0, 0.05) is 12.5 Å². The van der Waals surface area contributed by atoms with Crippen molar-refractivity contribution in [3.05, 3.63) is 34.4 Å². The summed E-state index contributed by atoms with van der Waals surface area (Å²) in [5.41, 5.74) is -0.600. The number of nitro benzene ring substituents is 1. The highest BCUT2D eigenvalue weighted by Crippen LogP contribution is 2.24. The lowest BCUT2D eigenvalue weighted by Crippen LogP contribution is -2.31. The highest BCUT2D eigenvalue weighted by molar-refractivity contribution is 5.84. The number of hydrogen-bond donors (Lipinski definition) is 0. The zero-order valence-electron chi connectivity index (χ0n) is 13.5. The van der Waals surface area contributed by atoms with E-state index in [-0.39, 0.29) is 24.2 Å². The average Bonchev–Trinajstić information content (AvgIpc) is 2.51. The van der Waals surface area contributed by atoms with Gasteiger partial charge in [-0.05, 0) is 26.3 Å². The SMILES string of the molecule is CCCCC(=O)C(C)(C)COc1cccc([N+](=O)[O-])c1.O=C=O. The molecule has 1 rings (SSSR count). The van der Waals surface area contributed by atoms with Crippen LogP contribution in [0, 0.1) is 15.5 Å². The highest BCUT2D eigenvalue weighted by Gasteiger charge is 2.27. The van der Waals surface area contributed by atoms with Crippen molar-refractivity contribution in [3.63, 3.8) is 0 Å². The molecule has 0 aliphatic heterocycles. The molecule has 0 amide bonds. The van der Waals surface area contributed by atoms with E-state index in [0.717, 1.165) is 12.8 Å². The number of carbonyl (C=O) groups is 1. The van der Waals surface area contributed by atoms with Gasteiger partial charge in [0.05, 0.1) is 16.4 Å². The Balaban J connectivity index is 0.00000149. The molecule has 0 fully saturated rings. The largest absolute Gasteiger partial charge is 0.492 e. The standard InChI is InChI=1S/C15H21NO4.CO2/c1-4-5-9-14(17)15(2,3)11-20-13-8-6-7-12(10-13)16(18)19;2-1-3/h6-8,10H,4-5,9,11H2,1-3H3;. The van der Waals surface area contributed by atoms with Crippen molar-refractivity contribution < 1.29 is 24.0 Å². The fraction of sp³-hybridized carbons (Fsp3) is 0.500. The van der Waals surface area contributed by atoms with Gasteiger partial charge in [-0.3, -0.25) is 14.9 Å². The quantitative estimate of drug-likeness (QED) is 0.537. The summed E-state index contributed by atoms with van der Waals surface area (Å²) in [6.45, 7) is 5.93. The fourth-order valence-corrected chi connectivity index (χ4v) is 1.71. The van der Waals surface area contributed by atoms with Crippen molar-refractivity contribution in [2.45, 2.75) is 40.0 Å². The van der Waals surface area contributed by atoms with Crippen LogP contribution in [0.25, 0.3) is 0 Å². The first-order valence-corrected chi connectivity index (χ1v) is 7.18. The number of hydrogen-bond acceptors (Lipinski definition) is 6. The minimum atomic E-state index is -0.584. The zero-order valence-corrected chi connectivity index (χ0v) is 13.5. The molecule has 0 bridgehead atoms. The third-order valence-electron chi connectivity index (χ3n) is 3.14. The Morgan fingerprint density at radius 3 is 2.48 bits per heavy atom. The molecule has 1 aromatic carbocycles. The molecule has 0 aliphatic rings. The van der Waals surface area contributed by atoms with Crippen molar-refractivity contribution in [2.75, 3.05) is 6.61 Å². The first kappa shape index (κ1) is 20.5. The molecule has 0 radical (unpaired) electrons. The van der Waals surface area contributed by atoms with Gasteiger partial charge in [0.15, 0.2) is 0 Å². The number of benzene rings is 1. The molecular formula is C16H21NO6. The minimum Gasteiger partial charge on any atom is -0.492 e. The van der Waals surface area contributed by atoms with Crippen LogP contribution in [-0.2, 0) is 14.4 Å². The molecule has 1 aromatic rings. The molecule has 0 saturated heterocycles. The van der Waals surface area contributed by atoms with Crippen LogP contribution < -0.4 is 4.74 Å². The summed E-state index contributed by atoms with van der Waals surface area (Å²) in [5, 5.41) is 10.7. The summed E-state index contributed by atoms with van der Waals surface area (Å²) in [5.74, 6) is 0.570. The van der Waals surface area contributed by atoms with Crippen LogP contribution in [0.4, 0.5) is 5.69 Å². The Morgan fingerprint density at radius 1 is 1.35 bits per heavy atom. The van der Waals surface area contributed by atoms with Crippen molar-refractivity contribution in [1.29, 1.82) is 0 Å². The number of carbonyl (C=O) groups excluding carboxylic acids is 3. The van der Waals surface area contributed by atoms with Crippen LogP contribution in [0.3, 0.4) is 0 Å². The predicted molar refractivity (Wildman–Crippen MR) is 81.9 cm³/mol. The van der Waals surface area contributed by atoms with Gasteiger partial charge >= 0.3 is 6.15 Å². The van der Waals surface area contributed by atoms with Crippen LogP contribution in [0.1, 0.15) is 40.0 Å². The van der Waals surface area contributed by atoms with E-state index in [1.807, 2.05) is 20.8 Å². The molecular weight excluding hydrogens is 302 g/mol. The highest BCUT2D eigenvalue weighted by atomic mass is 16.6. The van der Waals surface area contributed by atoms with E-state index in [9.17, 15) is 14.9 Å². The molecule has 7 nitrogen and oxygen atoms in total.